The number of carbonyl (C=O) groups is 1. The van der Waals surface area contributed by atoms with Crippen molar-refractivity contribution >= 4 is 17.7 Å². The number of rotatable bonds is 8. The molecule has 1 aliphatic rings. The Labute approximate surface area is 168 Å². The molecule has 144 valence electrons. The fourth-order valence-corrected chi connectivity index (χ4v) is 4.27. The highest BCUT2D eigenvalue weighted by Crippen LogP contribution is 2.43. The Morgan fingerprint density at radius 2 is 1.79 bits per heavy atom. The maximum atomic E-state index is 12.4. The van der Waals surface area contributed by atoms with Crippen LogP contribution in [0.2, 0.25) is 0 Å². The summed E-state index contributed by atoms with van der Waals surface area (Å²) in [6, 6.07) is 20.5. The predicted molar refractivity (Wildman–Crippen MR) is 109 cm³/mol. The summed E-state index contributed by atoms with van der Waals surface area (Å²) < 4.78 is 1.73. The first-order valence-corrected chi connectivity index (χ1v) is 10.5. The Hall–Kier alpha value is -2.67. The van der Waals surface area contributed by atoms with Gasteiger partial charge in [-0.05, 0) is 34.4 Å². The smallest absolute Gasteiger partial charge is 0.230 e. The van der Waals surface area contributed by atoms with Crippen LogP contribution in [0, 0.1) is 0 Å². The maximum Gasteiger partial charge on any atom is 0.230 e. The summed E-state index contributed by atoms with van der Waals surface area (Å²) in [6.45, 7) is 1.28. The highest BCUT2D eigenvalue weighted by atomic mass is 32.2. The number of hydrogen-bond acceptors (Lipinski definition) is 5. The van der Waals surface area contributed by atoms with Crippen LogP contribution in [0.15, 0.2) is 65.8 Å². The molecule has 1 heterocycles. The third-order valence-corrected chi connectivity index (χ3v) is 6.28. The molecule has 28 heavy (non-hydrogen) atoms. The lowest BCUT2D eigenvalue weighted by Crippen LogP contribution is -2.46. The molecule has 0 atom stereocenters. The molecule has 1 N–H and O–H groups in total. The number of amides is 1. The number of thioether (sulfide) groups is 1. The summed E-state index contributed by atoms with van der Waals surface area (Å²) in [7, 11) is 0. The minimum Gasteiger partial charge on any atom is -0.354 e. The number of nitrogens with zero attached hydrogens (tertiary/aromatic N) is 4. The first kappa shape index (κ1) is 18.7. The first-order chi connectivity index (χ1) is 13.8. The maximum absolute atomic E-state index is 12.4. The second-order valence-electron chi connectivity index (χ2n) is 7.17. The average molecular weight is 394 g/mol. The van der Waals surface area contributed by atoms with Gasteiger partial charge in [-0.15, -0.1) is 5.10 Å². The van der Waals surface area contributed by atoms with E-state index in [1.54, 1.807) is 4.68 Å². The van der Waals surface area contributed by atoms with E-state index in [0.717, 1.165) is 18.4 Å². The number of tetrazole rings is 1. The van der Waals surface area contributed by atoms with E-state index in [0.29, 0.717) is 24.0 Å². The summed E-state index contributed by atoms with van der Waals surface area (Å²) >= 11 is 1.37. The number of benzene rings is 2. The fraction of sp³-hybridized carbons (Fsp3) is 0.333. The second-order valence-corrected chi connectivity index (χ2v) is 8.11. The van der Waals surface area contributed by atoms with E-state index >= 15 is 0 Å². The van der Waals surface area contributed by atoms with Gasteiger partial charge in [0.15, 0.2) is 0 Å². The fourth-order valence-electron chi connectivity index (χ4n) is 3.57. The predicted octanol–water partition coefficient (Wildman–Crippen LogP) is 3.05. The highest BCUT2D eigenvalue weighted by molar-refractivity contribution is 7.99. The largest absolute Gasteiger partial charge is 0.354 e. The molecule has 1 aliphatic carbocycles. The lowest BCUT2D eigenvalue weighted by molar-refractivity contribution is -0.119. The number of hydrogen-bond donors (Lipinski definition) is 1. The second kappa shape index (κ2) is 8.56. The molecular formula is C21H23N5OS. The quantitative estimate of drug-likeness (QED) is 0.596. The van der Waals surface area contributed by atoms with Gasteiger partial charge in [0.05, 0.1) is 12.3 Å². The van der Waals surface area contributed by atoms with Gasteiger partial charge in [-0.25, -0.2) is 4.68 Å². The van der Waals surface area contributed by atoms with Crippen LogP contribution in [0.4, 0.5) is 0 Å². The average Bonchev–Trinajstić information content (AvgIpc) is 3.14. The molecule has 7 heteroatoms. The zero-order chi connectivity index (χ0) is 19.2. The lowest BCUT2D eigenvalue weighted by Gasteiger charge is -2.42. The van der Waals surface area contributed by atoms with Gasteiger partial charge in [0.2, 0.25) is 11.1 Å². The summed E-state index contributed by atoms with van der Waals surface area (Å²) in [6.07, 6.45) is 3.47. The molecule has 0 spiro atoms. The van der Waals surface area contributed by atoms with Crippen molar-refractivity contribution in [1.29, 1.82) is 0 Å². The van der Waals surface area contributed by atoms with Gasteiger partial charge in [0.25, 0.3) is 0 Å². The van der Waals surface area contributed by atoms with E-state index < -0.39 is 0 Å². The molecule has 3 aromatic rings. The van der Waals surface area contributed by atoms with Gasteiger partial charge in [-0.3, -0.25) is 4.79 Å². The zero-order valence-electron chi connectivity index (χ0n) is 15.6. The standard InChI is InChI=1S/C21H23N5OS/c27-19(22-16-21(12-7-13-21)18-10-5-2-6-11-18)15-28-20-23-24-25-26(20)14-17-8-3-1-4-9-17/h1-6,8-11H,7,12-16H2,(H,22,27). The Morgan fingerprint density at radius 1 is 1.07 bits per heavy atom. The van der Waals surface area contributed by atoms with Crippen molar-refractivity contribution in [3.63, 3.8) is 0 Å². The summed E-state index contributed by atoms with van der Waals surface area (Å²) in [5.41, 5.74) is 2.54. The molecule has 0 aliphatic heterocycles. The zero-order valence-corrected chi connectivity index (χ0v) is 16.4. The van der Waals surface area contributed by atoms with Gasteiger partial charge in [-0.1, -0.05) is 78.8 Å². The monoisotopic (exact) mass is 393 g/mol. The van der Waals surface area contributed by atoms with Crippen molar-refractivity contribution < 1.29 is 4.79 Å². The van der Waals surface area contributed by atoms with Crippen LogP contribution < -0.4 is 5.32 Å². The van der Waals surface area contributed by atoms with E-state index in [-0.39, 0.29) is 11.3 Å². The molecule has 2 aromatic carbocycles. The molecule has 0 unspecified atom stereocenters. The van der Waals surface area contributed by atoms with Crippen LogP contribution in [0.5, 0.6) is 0 Å². The number of nitrogens with one attached hydrogen (secondary N) is 1. The van der Waals surface area contributed by atoms with E-state index in [2.05, 4.69) is 45.1 Å². The van der Waals surface area contributed by atoms with E-state index in [1.165, 1.54) is 23.7 Å². The van der Waals surface area contributed by atoms with Crippen LogP contribution in [-0.4, -0.2) is 38.4 Å². The van der Waals surface area contributed by atoms with E-state index in [4.69, 9.17) is 0 Å². The third kappa shape index (κ3) is 4.25. The third-order valence-electron chi connectivity index (χ3n) is 5.33. The van der Waals surface area contributed by atoms with E-state index in [9.17, 15) is 4.79 Å². The van der Waals surface area contributed by atoms with Gasteiger partial charge in [0, 0.05) is 12.0 Å². The number of aromatic nitrogens is 4. The van der Waals surface area contributed by atoms with Crippen LogP contribution in [0.1, 0.15) is 30.4 Å². The Morgan fingerprint density at radius 3 is 2.46 bits per heavy atom. The van der Waals surface area contributed by atoms with Crippen molar-refractivity contribution in [2.75, 3.05) is 12.3 Å². The van der Waals surface area contributed by atoms with Crippen LogP contribution >= 0.6 is 11.8 Å². The highest BCUT2D eigenvalue weighted by Gasteiger charge is 2.38. The van der Waals surface area contributed by atoms with Crippen molar-refractivity contribution in [2.24, 2.45) is 0 Å². The molecule has 1 fully saturated rings. The van der Waals surface area contributed by atoms with Crippen molar-refractivity contribution in [2.45, 2.75) is 36.4 Å². The number of carbonyl (C=O) groups excluding carboxylic acids is 1. The normalized spacial score (nSPS) is 15.0. The molecule has 1 saturated carbocycles. The van der Waals surface area contributed by atoms with Crippen LogP contribution in [0.25, 0.3) is 0 Å². The van der Waals surface area contributed by atoms with Crippen molar-refractivity contribution in [1.82, 2.24) is 25.5 Å². The first-order valence-electron chi connectivity index (χ1n) is 9.50. The SMILES string of the molecule is O=C(CSc1nnnn1Cc1ccccc1)NCC1(c2ccccc2)CCC1. The molecule has 0 saturated heterocycles. The molecular weight excluding hydrogens is 370 g/mol. The van der Waals surface area contributed by atoms with Crippen molar-refractivity contribution in [3.05, 3.63) is 71.8 Å². The minimum atomic E-state index is 0.0152. The van der Waals surface area contributed by atoms with Gasteiger partial charge >= 0.3 is 0 Å². The molecule has 1 amide bonds. The topological polar surface area (TPSA) is 72.7 Å². The minimum absolute atomic E-state index is 0.0152. The summed E-state index contributed by atoms with van der Waals surface area (Å²) in [5.74, 6) is 0.321. The Balaban J connectivity index is 1.30. The summed E-state index contributed by atoms with van der Waals surface area (Å²) in [5, 5.41) is 15.6. The van der Waals surface area contributed by atoms with Crippen LogP contribution in [-0.2, 0) is 16.8 Å². The van der Waals surface area contributed by atoms with E-state index in [1.807, 2.05) is 36.4 Å². The van der Waals surface area contributed by atoms with Crippen molar-refractivity contribution in [3.8, 4) is 0 Å². The van der Waals surface area contributed by atoms with Gasteiger partial charge in [0.1, 0.15) is 0 Å². The van der Waals surface area contributed by atoms with Crippen LogP contribution in [0.3, 0.4) is 0 Å². The Bertz CT molecular complexity index is 909. The molecule has 1 aromatic heterocycles. The molecule has 0 radical (unpaired) electrons. The molecule has 4 rings (SSSR count). The van der Waals surface area contributed by atoms with Gasteiger partial charge < -0.3 is 5.32 Å². The molecule has 6 nitrogen and oxygen atoms in total. The summed E-state index contributed by atoms with van der Waals surface area (Å²) in [4.78, 5) is 12.4. The Kier molecular flexibility index (Phi) is 5.71. The lowest BCUT2D eigenvalue weighted by atomic mass is 9.64. The molecule has 0 bridgehead atoms. The van der Waals surface area contributed by atoms with Gasteiger partial charge in [-0.2, -0.15) is 0 Å².